The first-order chi connectivity index (χ1) is 15.8. The summed E-state index contributed by atoms with van der Waals surface area (Å²) in [6.45, 7) is 1.69. The van der Waals surface area contributed by atoms with Crippen molar-refractivity contribution in [2.24, 2.45) is 5.92 Å². The van der Waals surface area contributed by atoms with Crippen LogP contribution in [-0.2, 0) is 8.85 Å². The summed E-state index contributed by atoms with van der Waals surface area (Å²) in [5, 5.41) is 0.538. The molecule has 0 spiro atoms. The molecule has 0 heterocycles. The van der Waals surface area contributed by atoms with Crippen molar-refractivity contribution in [1.82, 2.24) is 0 Å². The molecular weight excluding hydrogens is 488 g/mol. The Morgan fingerprint density at radius 2 is 1.24 bits per heavy atom. The molecule has 0 unspecified atom stereocenters. The van der Waals surface area contributed by atoms with Gasteiger partial charge < -0.3 is 8.85 Å². The monoisotopic (exact) mass is 514 g/mol. The van der Waals surface area contributed by atoms with Gasteiger partial charge in [0.25, 0.3) is 0 Å². The minimum Gasteiger partial charge on any atom is -0.388 e. The Morgan fingerprint density at radius 1 is 0.765 bits per heavy atom. The van der Waals surface area contributed by atoms with Crippen molar-refractivity contribution in [3.05, 3.63) is 60.7 Å². The Balaban J connectivity index is 2.48. The number of benzene rings is 2. The molecule has 0 amide bonds. The lowest BCUT2D eigenvalue weighted by Gasteiger charge is -2.36. The van der Waals surface area contributed by atoms with Crippen LogP contribution in [0.1, 0.15) is 26.7 Å². The Kier molecular flexibility index (Phi) is 9.28. The fourth-order valence-electron chi connectivity index (χ4n) is 3.23. The number of hydrogen-bond donors (Lipinski definition) is 0. The first-order valence-electron chi connectivity index (χ1n) is 10.6. The summed E-state index contributed by atoms with van der Waals surface area (Å²) in [6, 6.07) is 15.4. The zero-order valence-electron chi connectivity index (χ0n) is 18.6. The summed E-state index contributed by atoms with van der Waals surface area (Å²) in [7, 11) is -4.14. The molecule has 2 aromatic rings. The predicted molar refractivity (Wildman–Crippen MR) is 115 cm³/mol. The molecule has 0 aliphatic heterocycles. The van der Waals surface area contributed by atoms with Gasteiger partial charge in [0, 0.05) is 6.61 Å². The molecule has 190 valence electrons. The summed E-state index contributed by atoms with van der Waals surface area (Å²) in [6.07, 6.45) is -3.79. The Hall–Kier alpha value is -1.98. The molecule has 2 nitrogen and oxygen atoms in total. The maximum Gasteiger partial charge on any atom is 0.407 e. The average Bonchev–Trinajstić information content (AvgIpc) is 2.79. The molecule has 2 aromatic carbocycles. The van der Waals surface area contributed by atoms with Crippen LogP contribution in [0.2, 0.25) is 0 Å². The predicted octanol–water partition coefficient (Wildman–Crippen LogP) is 5.88. The van der Waals surface area contributed by atoms with Gasteiger partial charge in [-0.25, -0.2) is 8.78 Å². The van der Waals surface area contributed by atoms with Gasteiger partial charge in [-0.1, -0.05) is 74.5 Å². The molecule has 0 atom stereocenters. The number of alkyl halides is 8. The van der Waals surface area contributed by atoms with Crippen LogP contribution in [0.5, 0.6) is 0 Å². The molecule has 0 fully saturated rings. The maximum absolute atomic E-state index is 14.4. The average molecular weight is 515 g/mol. The van der Waals surface area contributed by atoms with Crippen molar-refractivity contribution in [2.75, 3.05) is 13.2 Å². The molecule has 0 aliphatic carbocycles. The van der Waals surface area contributed by atoms with E-state index in [-0.39, 0.29) is 17.0 Å². The van der Waals surface area contributed by atoms with Crippen molar-refractivity contribution < 1.29 is 44.0 Å². The number of halogens is 8. The number of rotatable bonds is 13. The van der Waals surface area contributed by atoms with Gasteiger partial charge in [-0.15, -0.1) is 0 Å². The van der Waals surface area contributed by atoms with Crippen LogP contribution in [0.3, 0.4) is 0 Å². The SMILES string of the molecule is CC(C)CCCO[Si](OCC(F)(F)C(F)(F)C(F)(F)C(F)F)(c1ccccc1)c1ccccc1. The largest absolute Gasteiger partial charge is 0.407 e. The second-order valence-corrected chi connectivity index (χ2v) is 11.2. The van der Waals surface area contributed by atoms with Crippen LogP contribution in [-0.4, -0.2) is 46.0 Å². The highest BCUT2D eigenvalue weighted by atomic mass is 28.4. The van der Waals surface area contributed by atoms with Crippen LogP contribution in [0.4, 0.5) is 35.1 Å². The molecular formula is C23H26F8O2Si. The van der Waals surface area contributed by atoms with E-state index in [1.54, 1.807) is 36.4 Å². The molecule has 0 bridgehead atoms. The van der Waals surface area contributed by atoms with Gasteiger partial charge in [0.15, 0.2) is 0 Å². The van der Waals surface area contributed by atoms with Crippen molar-refractivity contribution >= 4 is 18.9 Å². The summed E-state index contributed by atoms with van der Waals surface area (Å²) >= 11 is 0. The van der Waals surface area contributed by atoms with Crippen LogP contribution in [0, 0.1) is 5.92 Å². The topological polar surface area (TPSA) is 18.5 Å². The molecule has 0 aromatic heterocycles. The second-order valence-electron chi connectivity index (χ2n) is 8.22. The Labute approximate surface area is 194 Å². The van der Waals surface area contributed by atoms with E-state index in [2.05, 4.69) is 0 Å². The third kappa shape index (κ3) is 5.98. The second kappa shape index (κ2) is 11.2. The standard InChI is InChI=1S/C23H26F8O2Si/c1-17(2)10-9-15-32-34(18-11-5-3-6-12-18,19-13-7-4-8-14-19)33-16-21(26,27)23(30,31)22(28,29)20(24)25/h3-8,11-14,17,20H,9-10,15-16H2,1-2H3. The smallest absolute Gasteiger partial charge is 0.388 e. The summed E-state index contributed by atoms with van der Waals surface area (Å²) < 4.78 is 120. The molecule has 0 N–H and O–H groups in total. The van der Waals surface area contributed by atoms with Gasteiger partial charge in [0.1, 0.15) is 6.61 Å². The van der Waals surface area contributed by atoms with Gasteiger partial charge in [0.05, 0.1) is 0 Å². The molecule has 0 saturated heterocycles. The fourth-order valence-corrected chi connectivity index (χ4v) is 6.39. The van der Waals surface area contributed by atoms with Gasteiger partial charge in [-0.05, 0) is 29.1 Å². The Bertz CT molecular complexity index is 840. The van der Waals surface area contributed by atoms with Gasteiger partial charge in [0.2, 0.25) is 0 Å². The quantitative estimate of drug-likeness (QED) is 0.189. The van der Waals surface area contributed by atoms with E-state index in [1.807, 2.05) is 13.8 Å². The van der Waals surface area contributed by atoms with Crippen molar-refractivity contribution in [3.63, 3.8) is 0 Å². The molecule has 0 radical (unpaired) electrons. The summed E-state index contributed by atoms with van der Waals surface area (Å²) in [5.41, 5.74) is 0. The van der Waals surface area contributed by atoms with E-state index in [0.29, 0.717) is 18.8 Å². The zero-order chi connectivity index (χ0) is 25.6. The zero-order valence-corrected chi connectivity index (χ0v) is 19.6. The highest BCUT2D eigenvalue weighted by Gasteiger charge is 2.75. The summed E-state index contributed by atoms with van der Waals surface area (Å²) in [4.78, 5) is 0. The van der Waals surface area contributed by atoms with Crippen molar-refractivity contribution in [1.29, 1.82) is 0 Å². The van der Waals surface area contributed by atoms with Crippen molar-refractivity contribution in [3.8, 4) is 0 Å². The third-order valence-electron chi connectivity index (χ3n) is 5.15. The highest BCUT2D eigenvalue weighted by Crippen LogP contribution is 2.48. The fraction of sp³-hybridized carbons (Fsp3) is 0.478. The van der Waals surface area contributed by atoms with E-state index >= 15 is 0 Å². The van der Waals surface area contributed by atoms with Crippen LogP contribution >= 0.6 is 0 Å². The molecule has 34 heavy (non-hydrogen) atoms. The van der Waals surface area contributed by atoms with Crippen molar-refractivity contribution in [2.45, 2.75) is 50.9 Å². The van der Waals surface area contributed by atoms with Gasteiger partial charge in [-0.3, -0.25) is 0 Å². The van der Waals surface area contributed by atoms with E-state index in [4.69, 9.17) is 8.85 Å². The minimum atomic E-state index is -6.36. The Morgan fingerprint density at radius 3 is 1.65 bits per heavy atom. The van der Waals surface area contributed by atoms with Gasteiger partial charge in [-0.2, -0.15) is 26.3 Å². The minimum absolute atomic E-state index is 0.0172. The molecule has 0 saturated carbocycles. The lowest BCUT2D eigenvalue weighted by molar-refractivity contribution is -0.343. The lowest BCUT2D eigenvalue weighted by atomic mass is 10.1. The lowest BCUT2D eigenvalue weighted by Crippen LogP contribution is -2.66. The maximum atomic E-state index is 14.4. The highest BCUT2D eigenvalue weighted by molar-refractivity contribution is 6.92. The normalized spacial score (nSPS) is 13.6. The van der Waals surface area contributed by atoms with E-state index < -0.39 is 39.4 Å². The van der Waals surface area contributed by atoms with Crippen LogP contribution in [0.15, 0.2) is 60.7 Å². The third-order valence-corrected chi connectivity index (χ3v) is 8.50. The van der Waals surface area contributed by atoms with E-state index in [9.17, 15) is 35.1 Å². The van der Waals surface area contributed by atoms with E-state index in [1.165, 1.54) is 24.3 Å². The molecule has 0 aliphatic rings. The first kappa shape index (κ1) is 28.3. The number of hydrogen-bond acceptors (Lipinski definition) is 2. The summed E-state index contributed by atoms with van der Waals surface area (Å²) in [5.74, 6) is -17.9. The van der Waals surface area contributed by atoms with Crippen LogP contribution < -0.4 is 10.4 Å². The van der Waals surface area contributed by atoms with Crippen LogP contribution in [0.25, 0.3) is 0 Å². The van der Waals surface area contributed by atoms with Gasteiger partial charge >= 0.3 is 32.8 Å². The first-order valence-corrected chi connectivity index (χ1v) is 12.4. The van der Waals surface area contributed by atoms with E-state index in [0.717, 1.165) is 0 Å². The molecule has 2 rings (SSSR count). The molecule has 11 heteroatoms.